The van der Waals surface area contributed by atoms with Crippen LogP contribution in [0.25, 0.3) is 0 Å². The van der Waals surface area contributed by atoms with E-state index >= 15 is 0 Å². The summed E-state index contributed by atoms with van der Waals surface area (Å²) in [5, 5.41) is -5.42. The minimum absolute atomic E-state index is 0.00989. The van der Waals surface area contributed by atoms with Gasteiger partial charge in [0.2, 0.25) is 0 Å². The second kappa shape index (κ2) is 4.57. The molecule has 1 N–H and O–H groups in total. The number of halogens is 4. The Morgan fingerprint density at radius 2 is 1.33 bits per heavy atom. The van der Waals surface area contributed by atoms with Crippen LogP contribution in [0.5, 0.6) is 0 Å². The molecule has 0 saturated heterocycles. The smallest absolute Gasteiger partial charge is 0.281 e. The van der Waals surface area contributed by atoms with Crippen LogP contribution < -0.4 is 0 Å². The van der Waals surface area contributed by atoms with Gasteiger partial charge in [-0.15, -0.1) is 0 Å². The van der Waals surface area contributed by atoms with Crippen LogP contribution in [0.15, 0.2) is 0 Å². The lowest BCUT2D eigenvalue weighted by atomic mass is 9.51. The van der Waals surface area contributed by atoms with Crippen LogP contribution in [0.3, 0.4) is 0 Å². The SMILES string of the molecule is O=S(=O)(O)C(F)(F)C(F)(F)CC1C2CC3CC(C2)CC1C3. The molecule has 0 amide bonds. The summed E-state index contributed by atoms with van der Waals surface area (Å²) < 4.78 is 83.8. The molecule has 8 heteroatoms. The van der Waals surface area contributed by atoms with E-state index in [0.717, 1.165) is 32.1 Å². The standard InChI is InChI=1S/C13H18F4O3S/c14-12(15,13(16,17)21(18,19)20)6-11-9-2-7-1-8(4-9)5-10(11)3-7/h7-11H,1-6H2,(H,18,19,20). The van der Waals surface area contributed by atoms with Crippen LogP contribution in [0.1, 0.15) is 38.5 Å². The molecule has 4 aliphatic rings. The van der Waals surface area contributed by atoms with E-state index in [1.165, 1.54) is 0 Å². The highest BCUT2D eigenvalue weighted by Crippen LogP contribution is 2.59. The average Bonchev–Trinajstić information content (AvgIpc) is 2.31. The summed E-state index contributed by atoms with van der Waals surface area (Å²) in [5.74, 6) is -4.30. The summed E-state index contributed by atoms with van der Waals surface area (Å²) in [6, 6.07) is 0. The Bertz CT molecular complexity index is 504. The van der Waals surface area contributed by atoms with Gasteiger partial charge in [0.15, 0.2) is 0 Å². The molecule has 0 aromatic rings. The van der Waals surface area contributed by atoms with Gasteiger partial charge in [-0.25, -0.2) is 0 Å². The van der Waals surface area contributed by atoms with E-state index in [9.17, 15) is 26.0 Å². The zero-order chi connectivity index (χ0) is 15.6. The Labute approximate surface area is 120 Å². The van der Waals surface area contributed by atoms with E-state index in [0.29, 0.717) is 11.8 Å². The van der Waals surface area contributed by atoms with Crippen LogP contribution in [0, 0.1) is 29.6 Å². The van der Waals surface area contributed by atoms with Gasteiger partial charge in [0.1, 0.15) is 0 Å². The molecule has 0 aromatic carbocycles. The highest BCUT2D eigenvalue weighted by molar-refractivity contribution is 7.87. The Morgan fingerprint density at radius 3 is 1.71 bits per heavy atom. The molecule has 4 fully saturated rings. The van der Waals surface area contributed by atoms with Gasteiger partial charge in [0.25, 0.3) is 0 Å². The zero-order valence-electron chi connectivity index (χ0n) is 11.3. The van der Waals surface area contributed by atoms with Gasteiger partial charge < -0.3 is 0 Å². The maximum Gasteiger partial charge on any atom is 0.431 e. The molecule has 0 atom stereocenters. The Hall–Kier alpha value is -0.370. The second-order valence-corrected chi connectivity index (χ2v) is 8.46. The van der Waals surface area contributed by atoms with Crippen molar-refractivity contribution in [3.8, 4) is 0 Å². The van der Waals surface area contributed by atoms with Crippen LogP contribution in [-0.4, -0.2) is 24.1 Å². The van der Waals surface area contributed by atoms with Crippen molar-refractivity contribution >= 4 is 10.1 Å². The molecule has 3 nitrogen and oxygen atoms in total. The van der Waals surface area contributed by atoms with E-state index in [-0.39, 0.29) is 11.8 Å². The fourth-order valence-electron chi connectivity index (χ4n) is 4.97. The quantitative estimate of drug-likeness (QED) is 0.633. The molecule has 122 valence electrons. The van der Waals surface area contributed by atoms with Crippen molar-refractivity contribution in [2.45, 2.75) is 49.7 Å². The van der Waals surface area contributed by atoms with Crippen molar-refractivity contribution in [3.05, 3.63) is 0 Å². The monoisotopic (exact) mass is 330 g/mol. The van der Waals surface area contributed by atoms with E-state index in [1.54, 1.807) is 0 Å². The highest BCUT2D eigenvalue weighted by atomic mass is 32.2. The first-order chi connectivity index (χ1) is 9.51. The third kappa shape index (κ3) is 2.38. The largest absolute Gasteiger partial charge is 0.431 e. The van der Waals surface area contributed by atoms with Crippen molar-refractivity contribution in [1.82, 2.24) is 0 Å². The predicted molar refractivity (Wildman–Crippen MR) is 66.6 cm³/mol. The van der Waals surface area contributed by atoms with Gasteiger partial charge in [-0.3, -0.25) is 4.55 Å². The minimum Gasteiger partial charge on any atom is -0.281 e. The van der Waals surface area contributed by atoms with Gasteiger partial charge in [0, 0.05) is 6.42 Å². The third-order valence-electron chi connectivity index (χ3n) is 5.66. The highest BCUT2D eigenvalue weighted by Gasteiger charge is 2.67. The molecule has 0 radical (unpaired) electrons. The van der Waals surface area contributed by atoms with Crippen LogP contribution >= 0.6 is 0 Å². The van der Waals surface area contributed by atoms with Crippen molar-refractivity contribution in [3.63, 3.8) is 0 Å². The summed E-state index contributed by atoms with van der Waals surface area (Å²) in [7, 11) is -6.12. The lowest BCUT2D eigenvalue weighted by Crippen LogP contribution is -2.52. The topological polar surface area (TPSA) is 54.4 Å². The summed E-state index contributed by atoms with van der Waals surface area (Å²) in [6.45, 7) is 0. The Balaban J connectivity index is 1.80. The maximum absolute atomic E-state index is 13.8. The normalized spacial score (nSPS) is 39.8. The lowest BCUT2D eigenvalue weighted by molar-refractivity contribution is -0.187. The molecule has 0 spiro atoms. The Morgan fingerprint density at radius 1 is 0.905 bits per heavy atom. The summed E-state index contributed by atoms with van der Waals surface area (Å²) in [5.41, 5.74) is 0. The van der Waals surface area contributed by atoms with Crippen LogP contribution in [0.2, 0.25) is 0 Å². The first-order valence-corrected chi connectivity index (χ1v) is 8.68. The number of hydrogen-bond donors (Lipinski definition) is 1. The fraction of sp³-hybridized carbons (Fsp3) is 1.00. The van der Waals surface area contributed by atoms with Gasteiger partial charge in [-0.05, 0) is 61.7 Å². The molecule has 4 bridgehead atoms. The molecular formula is C13H18F4O3S. The molecule has 0 heterocycles. The predicted octanol–water partition coefficient (Wildman–Crippen LogP) is 3.56. The maximum atomic E-state index is 13.8. The van der Waals surface area contributed by atoms with Gasteiger partial charge in [-0.1, -0.05) is 0 Å². The van der Waals surface area contributed by atoms with Crippen molar-refractivity contribution in [1.29, 1.82) is 0 Å². The van der Waals surface area contributed by atoms with E-state index in [1.807, 2.05) is 0 Å². The molecule has 0 aliphatic heterocycles. The molecular weight excluding hydrogens is 312 g/mol. The molecule has 4 saturated carbocycles. The van der Waals surface area contributed by atoms with Crippen molar-refractivity contribution in [2.24, 2.45) is 29.6 Å². The number of rotatable bonds is 4. The van der Waals surface area contributed by atoms with E-state index in [2.05, 4.69) is 0 Å². The molecule has 4 aliphatic carbocycles. The summed E-state index contributed by atoms with van der Waals surface area (Å²) in [6.07, 6.45) is 3.08. The fourth-order valence-corrected chi connectivity index (χ4v) is 5.44. The minimum atomic E-state index is -6.12. The summed E-state index contributed by atoms with van der Waals surface area (Å²) >= 11 is 0. The van der Waals surface area contributed by atoms with Crippen LogP contribution in [-0.2, 0) is 10.1 Å². The first kappa shape index (κ1) is 15.5. The van der Waals surface area contributed by atoms with Crippen molar-refractivity contribution < 1.29 is 30.5 Å². The van der Waals surface area contributed by atoms with E-state index < -0.39 is 33.6 Å². The zero-order valence-corrected chi connectivity index (χ0v) is 12.1. The molecule has 0 unspecified atom stereocenters. The number of hydrogen-bond acceptors (Lipinski definition) is 2. The molecule has 4 rings (SSSR count). The van der Waals surface area contributed by atoms with Gasteiger partial charge in [0.05, 0.1) is 0 Å². The molecule has 0 aromatic heterocycles. The van der Waals surface area contributed by atoms with Crippen LogP contribution in [0.4, 0.5) is 17.6 Å². The average molecular weight is 330 g/mol. The summed E-state index contributed by atoms with van der Waals surface area (Å²) in [4.78, 5) is 0. The molecule has 21 heavy (non-hydrogen) atoms. The van der Waals surface area contributed by atoms with Gasteiger partial charge >= 0.3 is 21.3 Å². The van der Waals surface area contributed by atoms with Gasteiger partial charge in [-0.2, -0.15) is 26.0 Å². The third-order valence-corrected chi connectivity index (χ3v) is 6.61. The number of alkyl halides is 4. The second-order valence-electron chi connectivity index (χ2n) is 6.99. The Kier molecular flexibility index (Phi) is 3.37. The first-order valence-electron chi connectivity index (χ1n) is 7.24. The lowest BCUT2D eigenvalue weighted by Gasteiger charge is -2.55. The van der Waals surface area contributed by atoms with Crippen molar-refractivity contribution in [2.75, 3.05) is 0 Å². The van der Waals surface area contributed by atoms with E-state index in [4.69, 9.17) is 4.55 Å².